The molecule has 5 aromatic rings. The highest BCUT2D eigenvalue weighted by atomic mass is 35.5. The van der Waals surface area contributed by atoms with Gasteiger partial charge in [0.2, 0.25) is 5.89 Å². The number of likely N-dealkylation sites (tertiary alicyclic amines) is 1. The van der Waals surface area contributed by atoms with E-state index in [4.69, 9.17) is 35.2 Å². The van der Waals surface area contributed by atoms with Gasteiger partial charge in [0.25, 0.3) is 5.79 Å². The normalized spacial score (nSPS) is 21.8. The van der Waals surface area contributed by atoms with Crippen LogP contribution in [0.1, 0.15) is 49.1 Å². The van der Waals surface area contributed by atoms with Crippen molar-refractivity contribution in [2.75, 3.05) is 19.7 Å². The van der Waals surface area contributed by atoms with Crippen molar-refractivity contribution in [3.8, 4) is 23.0 Å². The van der Waals surface area contributed by atoms with E-state index in [0.717, 1.165) is 67.9 Å². The Balaban J connectivity index is 1.00. The number of hydrogen-bond acceptors (Lipinski definition) is 8. The Kier molecular flexibility index (Phi) is 6.92. The number of hydrogen-bond donors (Lipinski definition) is 1. The van der Waals surface area contributed by atoms with E-state index in [2.05, 4.69) is 25.7 Å². The van der Waals surface area contributed by atoms with E-state index in [1.807, 2.05) is 30.3 Å². The number of aromatic amines is 1. The van der Waals surface area contributed by atoms with E-state index >= 15 is 0 Å². The number of fused-ring (bicyclic) bond motifs is 2. The highest BCUT2D eigenvalue weighted by Crippen LogP contribution is 2.50. The molecule has 1 N–H and O–H groups in total. The molecular weight excluding hydrogens is 601 g/mol. The van der Waals surface area contributed by atoms with Gasteiger partial charge in [0.15, 0.2) is 11.5 Å². The van der Waals surface area contributed by atoms with Gasteiger partial charge in [0, 0.05) is 29.7 Å². The highest BCUT2D eigenvalue weighted by Gasteiger charge is 2.43. The van der Waals surface area contributed by atoms with Gasteiger partial charge < -0.3 is 23.2 Å². The number of H-pyrrole nitrogens is 1. The van der Waals surface area contributed by atoms with Crippen LogP contribution in [-0.2, 0) is 23.6 Å². The van der Waals surface area contributed by atoms with Crippen LogP contribution in [-0.4, -0.2) is 50.4 Å². The smallest absolute Gasteiger partial charge is 0.434 e. The fourth-order valence-corrected chi connectivity index (χ4v) is 6.82. The minimum atomic E-state index is -1.28. The zero-order chi connectivity index (χ0) is 30.7. The summed E-state index contributed by atoms with van der Waals surface area (Å²) in [5, 5.41) is 6.60. The van der Waals surface area contributed by atoms with Crippen molar-refractivity contribution in [1.29, 1.82) is 0 Å². The Morgan fingerprint density at radius 1 is 1.09 bits per heavy atom. The maximum atomic E-state index is 14.9. The molecule has 2 atom stereocenters. The fourth-order valence-electron chi connectivity index (χ4n) is 6.66. The maximum absolute atomic E-state index is 14.9. The molecule has 0 amide bonds. The van der Waals surface area contributed by atoms with Crippen LogP contribution < -0.4 is 15.2 Å². The van der Waals surface area contributed by atoms with Crippen LogP contribution >= 0.6 is 11.6 Å². The van der Waals surface area contributed by atoms with Gasteiger partial charge in [0.05, 0.1) is 35.8 Å². The SMILES string of the molecule is CC1(c2ccc(Cl)cc2F)Oc2cccc(C3CCN(Cc4nc5cc(-c6n[nH]c(=O)o6)ccc5n4C[C@@H]4CCO4)CC3)c2O1. The summed E-state index contributed by atoms with van der Waals surface area (Å²) in [6, 6.07) is 16.3. The van der Waals surface area contributed by atoms with Crippen LogP contribution in [0, 0.1) is 5.82 Å². The van der Waals surface area contributed by atoms with Crippen LogP contribution in [0.25, 0.3) is 22.5 Å². The molecule has 0 spiro atoms. The average molecular weight is 632 g/mol. The Bertz CT molecular complexity index is 1960. The lowest BCUT2D eigenvalue weighted by Gasteiger charge is -2.33. The van der Waals surface area contributed by atoms with Gasteiger partial charge in [0.1, 0.15) is 11.6 Å². The molecule has 0 radical (unpaired) electrons. The zero-order valence-corrected chi connectivity index (χ0v) is 25.3. The van der Waals surface area contributed by atoms with Crippen molar-refractivity contribution < 1.29 is 23.0 Å². The molecule has 3 aliphatic heterocycles. The number of ether oxygens (including phenoxy) is 3. The largest absolute Gasteiger partial charge is 0.444 e. The van der Waals surface area contributed by atoms with Crippen LogP contribution in [0.15, 0.2) is 63.8 Å². The molecule has 0 bridgehead atoms. The maximum Gasteiger partial charge on any atom is 0.434 e. The first-order valence-electron chi connectivity index (χ1n) is 15.2. The molecule has 45 heavy (non-hydrogen) atoms. The van der Waals surface area contributed by atoms with E-state index in [0.29, 0.717) is 34.2 Å². The van der Waals surface area contributed by atoms with Gasteiger partial charge in [-0.1, -0.05) is 23.7 Å². The summed E-state index contributed by atoms with van der Waals surface area (Å²) in [6.07, 6.45) is 3.06. The molecule has 232 valence electrons. The van der Waals surface area contributed by atoms with Gasteiger partial charge >= 0.3 is 5.76 Å². The number of benzene rings is 3. The average Bonchev–Trinajstić information content (AvgIpc) is 3.69. The second kappa shape index (κ2) is 11.0. The number of nitrogens with one attached hydrogen (secondary N) is 1. The number of piperidine rings is 1. The summed E-state index contributed by atoms with van der Waals surface area (Å²) < 4.78 is 40.6. The second-order valence-corrected chi connectivity index (χ2v) is 12.5. The van der Waals surface area contributed by atoms with Crippen LogP contribution in [0.2, 0.25) is 5.02 Å². The first-order valence-corrected chi connectivity index (χ1v) is 15.6. The Morgan fingerprint density at radius 2 is 1.93 bits per heavy atom. The van der Waals surface area contributed by atoms with Gasteiger partial charge in [-0.15, -0.1) is 5.10 Å². The van der Waals surface area contributed by atoms with Crippen molar-refractivity contribution in [3.63, 3.8) is 0 Å². The summed E-state index contributed by atoms with van der Waals surface area (Å²) in [5.74, 6) is 0.438. The fraction of sp³-hybridized carbons (Fsp3) is 0.364. The molecular formula is C33H31ClFN5O5. The standard InChI is InChI=1S/C33H31ClFN5O5/c1-33(24-7-6-21(34)16-25(24)35)44-28-4-2-3-23(30(28)45-33)19-9-12-39(13-10-19)18-29-36-26-15-20(31-37-38-32(41)43-31)5-8-27(26)40(29)17-22-11-14-42-22/h2-8,15-16,19,22H,9-14,17-18H2,1H3,(H,38,41)/t22-,33?/m0/s1. The molecule has 5 heterocycles. The molecule has 3 aromatic carbocycles. The van der Waals surface area contributed by atoms with Crippen molar-refractivity contribution in [2.24, 2.45) is 0 Å². The monoisotopic (exact) mass is 631 g/mol. The molecule has 2 fully saturated rings. The summed E-state index contributed by atoms with van der Waals surface area (Å²) in [5.41, 5.74) is 3.90. The number of halogens is 2. The molecule has 10 nitrogen and oxygen atoms in total. The predicted octanol–water partition coefficient (Wildman–Crippen LogP) is 5.98. The van der Waals surface area contributed by atoms with Crippen molar-refractivity contribution in [2.45, 2.75) is 57.1 Å². The number of para-hydroxylation sites is 1. The van der Waals surface area contributed by atoms with E-state index in [9.17, 15) is 9.18 Å². The number of rotatable bonds is 7. The summed E-state index contributed by atoms with van der Waals surface area (Å²) in [6.45, 7) is 5.71. The highest BCUT2D eigenvalue weighted by molar-refractivity contribution is 6.30. The number of nitrogens with zero attached hydrogens (tertiary/aromatic N) is 4. The molecule has 8 rings (SSSR count). The van der Waals surface area contributed by atoms with Crippen LogP contribution in [0.3, 0.4) is 0 Å². The molecule has 2 saturated heterocycles. The minimum absolute atomic E-state index is 0.172. The first kappa shape index (κ1) is 28.3. The third kappa shape index (κ3) is 5.18. The summed E-state index contributed by atoms with van der Waals surface area (Å²) in [4.78, 5) is 18.9. The number of imidazole rings is 1. The Morgan fingerprint density at radius 3 is 2.67 bits per heavy atom. The molecule has 0 saturated carbocycles. The molecule has 3 aliphatic rings. The molecule has 0 aliphatic carbocycles. The van der Waals surface area contributed by atoms with E-state index in [1.54, 1.807) is 19.1 Å². The van der Waals surface area contributed by atoms with Crippen LogP contribution in [0.4, 0.5) is 4.39 Å². The van der Waals surface area contributed by atoms with Crippen molar-refractivity contribution in [3.05, 3.63) is 92.9 Å². The van der Waals surface area contributed by atoms with Gasteiger partial charge in [-0.05, 0) is 80.7 Å². The summed E-state index contributed by atoms with van der Waals surface area (Å²) >= 11 is 5.99. The van der Waals surface area contributed by atoms with Gasteiger partial charge in [-0.3, -0.25) is 4.90 Å². The Hall–Kier alpha value is -4.19. The van der Waals surface area contributed by atoms with E-state index in [1.165, 1.54) is 6.07 Å². The minimum Gasteiger partial charge on any atom is -0.444 e. The van der Waals surface area contributed by atoms with Crippen LogP contribution in [0.5, 0.6) is 11.5 Å². The van der Waals surface area contributed by atoms with E-state index in [-0.39, 0.29) is 17.9 Å². The van der Waals surface area contributed by atoms with Crippen molar-refractivity contribution >= 4 is 22.6 Å². The van der Waals surface area contributed by atoms with Gasteiger partial charge in [-0.2, -0.15) is 0 Å². The predicted molar refractivity (Wildman–Crippen MR) is 164 cm³/mol. The second-order valence-electron chi connectivity index (χ2n) is 12.0. The lowest BCUT2D eigenvalue weighted by molar-refractivity contribution is -0.0712. The first-order chi connectivity index (χ1) is 21.8. The van der Waals surface area contributed by atoms with Crippen molar-refractivity contribution in [1.82, 2.24) is 24.6 Å². The third-order valence-electron chi connectivity index (χ3n) is 9.12. The van der Waals surface area contributed by atoms with Gasteiger partial charge in [-0.25, -0.2) is 19.3 Å². The lowest BCUT2D eigenvalue weighted by Crippen LogP contribution is -2.35. The molecule has 2 aromatic heterocycles. The topological polar surface area (TPSA) is 108 Å². The number of aromatic nitrogens is 4. The Labute approximate surface area is 262 Å². The zero-order valence-electron chi connectivity index (χ0n) is 24.6. The lowest BCUT2D eigenvalue weighted by atomic mass is 9.88. The van der Waals surface area contributed by atoms with E-state index < -0.39 is 17.4 Å². The molecule has 1 unspecified atom stereocenters. The third-order valence-corrected chi connectivity index (χ3v) is 9.35. The molecule has 12 heteroatoms. The quantitative estimate of drug-likeness (QED) is 0.234. The summed E-state index contributed by atoms with van der Waals surface area (Å²) in [7, 11) is 0.